The van der Waals surface area contributed by atoms with Crippen LogP contribution in [0.25, 0.3) is 0 Å². The van der Waals surface area contributed by atoms with Gasteiger partial charge in [-0.3, -0.25) is 4.68 Å². The molecule has 1 N–H and O–H groups in total. The average molecular weight is 267 g/mol. The number of hydrogen-bond donors (Lipinski definition) is 1. The van der Waals surface area contributed by atoms with E-state index in [-0.39, 0.29) is 0 Å². The monoisotopic (exact) mass is 267 g/mol. The van der Waals surface area contributed by atoms with Gasteiger partial charge in [-0.25, -0.2) is 0 Å². The number of methoxy groups -OCH3 is 1. The lowest BCUT2D eigenvalue weighted by molar-refractivity contribution is 0.148. The van der Waals surface area contributed by atoms with Gasteiger partial charge in [-0.1, -0.05) is 13.8 Å². The Morgan fingerprint density at radius 3 is 2.84 bits per heavy atom. The SMILES string of the molecule is CCCNC(CCc1cnn(C)c1)CC(C)COC. The summed E-state index contributed by atoms with van der Waals surface area (Å²) in [5.74, 6) is 0.605. The highest BCUT2D eigenvalue weighted by Gasteiger charge is 2.13. The Bertz CT molecular complexity index is 338. The maximum absolute atomic E-state index is 5.23. The first kappa shape index (κ1) is 16.2. The smallest absolute Gasteiger partial charge is 0.0521 e. The molecule has 0 bridgehead atoms. The van der Waals surface area contributed by atoms with Crippen LogP contribution in [-0.2, 0) is 18.2 Å². The summed E-state index contributed by atoms with van der Waals surface area (Å²) in [6.45, 7) is 6.41. The maximum Gasteiger partial charge on any atom is 0.0521 e. The van der Waals surface area contributed by atoms with Crippen molar-refractivity contribution in [2.75, 3.05) is 20.3 Å². The molecule has 0 fully saturated rings. The number of aryl methyl sites for hydroxylation is 2. The van der Waals surface area contributed by atoms with Crippen LogP contribution < -0.4 is 5.32 Å². The average Bonchev–Trinajstić information content (AvgIpc) is 2.79. The quantitative estimate of drug-likeness (QED) is 0.707. The van der Waals surface area contributed by atoms with Crippen molar-refractivity contribution in [2.24, 2.45) is 13.0 Å². The van der Waals surface area contributed by atoms with Crippen molar-refractivity contribution in [3.63, 3.8) is 0 Å². The zero-order chi connectivity index (χ0) is 14.1. The zero-order valence-corrected chi connectivity index (χ0v) is 12.9. The van der Waals surface area contributed by atoms with E-state index >= 15 is 0 Å². The lowest BCUT2D eigenvalue weighted by Crippen LogP contribution is -2.32. The summed E-state index contributed by atoms with van der Waals surface area (Å²) in [5.41, 5.74) is 1.32. The highest BCUT2D eigenvalue weighted by atomic mass is 16.5. The van der Waals surface area contributed by atoms with Gasteiger partial charge >= 0.3 is 0 Å². The zero-order valence-electron chi connectivity index (χ0n) is 12.9. The summed E-state index contributed by atoms with van der Waals surface area (Å²) in [5, 5.41) is 7.88. The Hall–Kier alpha value is -0.870. The third-order valence-corrected chi connectivity index (χ3v) is 3.36. The minimum absolute atomic E-state index is 0.574. The molecule has 1 rings (SSSR count). The van der Waals surface area contributed by atoms with E-state index in [0.29, 0.717) is 12.0 Å². The highest BCUT2D eigenvalue weighted by Crippen LogP contribution is 2.12. The minimum Gasteiger partial charge on any atom is -0.384 e. The summed E-state index contributed by atoms with van der Waals surface area (Å²) in [4.78, 5) is 0. The van der Waals surface area contributed by atoms with E-state index in [4.69, 9.17) is 4.74 Å². The Kier molecular flexibility index (Phi) is 7.75. The topological polar surface area (TPSA) is 39.1 Å². The molecule has 0 aliphatic heterocycles. The molecule has 0 saturated heterocycles. The Balaban J connectivity index is 2.39. The molecule has 1 aromatic rings. The number of nitrogens with one attached hydrogen (secondary N) is 1. The summed E-state index contributed by atoms with van der Waals surface area (Å²) in [6.07, 6.45) is 8.69. The largest absolute Gasteiger partial charge is 0.384 e. The number of nitrogens with zero attached hydrogens (tertiary/aromatic N) is 2. The van der Waals surface area contributed by atoms with Crippen molar-refractivity contribution in [3.8, 4) is 0 Å². The van der Waals surface area contributed by atoms with Gasteiger partial charge in [0.15, 0.2) is 0 Å². The summed E-state index contributed by atoms with van der Waals surface area (Å²) >= 11 is 0. The van der Waals surface area contributed by atoms with E-state index in [1.54, 1.807) is 7.11 Å². The van der Waals surface area contributed by atoms with Crippen molar-refractivity contribution in [1.29, 1.82) is 0 Å². The van der Waals surface area contributed by atoms with E-state index in [0.717, 1.165) is 19.6 Å². The van der Waals surface area contributed by atoms with E-state index in [1.807, 2.05) is 17.9 Å². The van der Waals surface area contributed by atoms with Gasteiger partial charge in [0, 0.05) is 33.0 Å². The molecule has 2 atom stereocenters. The fourth-order valence-electron chi connectivity index (χ4n) is 2.43. The lowest BCUT2D eigenvalue weighted by atomic mass is 9.97. The van der Waals surface area contributed by atoms with Crippen molar-refractivity contribution >= 4 is 0 Å². The molecule has 110 valence electrons. The fraction of sp³-hybridized carbons (Fsp3) is 0.800. The van der Waals surface area contributed by atoms with Crippen molar-refractivity contribution < 1.29 is 4.74 Å². The molecule has 0 aromatic carbocycles. The molecule has 0 saturated carbocycles. The molecular weight excluding hydrogens is 238 g/mol. The molecule has 0 aliphatic carbocycles. The van der Waals surface area contributed by atoms with Crippen LogP contribution in [-0.4, -0.2) is 36.1 Å². The van der Waals surface area contributed by atoms with Crippen LogP contribution in [0, 0.1) is 5.92 Å². The molecule has 19 heavy (non-hydrogen) atoms. The second-order valence-corrected chi connectivity index (χ2v) is 5.51. The van der Waals surface area contributed by atoms with Crippen molar-refractivity contribution in [3.05, 3.63) is 18.0 Å². The van der Waals surface area contributed by atoms with Crippen LogP contribution >= 0.6 is 0 Å². The fourth-order valence-corrected chi connectivity index (χ4v) is 2.43. The minimum atomic E-state index is 0.574. The van der Waals surface area contributed by atoms with Crippen LogP contribution in [0.4, 0.5) is 0 Å². The van der Waals surface area contributed by atoms with Crippen LogP contribution in [0.1, 0.15) is 38.7 Å². The predicted octanol–water partition coefficient (Wildman–Crippen LogP) is 2.39. The van der Waals surface area contributed by atoms with E-state index < -0.39 is 0 Å². The second kappa shape index (κ2) is 9.10. The molecule has 0 aliphatic rings. The summed E-state index contributed by atoms with van der Waals surface area (Å²) in [6, 6.07) is 0.574. The highest BCUT2D eigenvalue weighted by molar-refractivity contribution is 5.04. The van der Waals surface area contributed by atoms with Gasteiger partial charge in [0.1, 0.15) is 0 Å². The number of rotatable bonds is 10. The molecule has 4 nitrogen and oxygen atoms in total. The van der Waals surface area contributed by atoms with Crippen LogP contribution in [0.3, 0.4) is 0 Å². The van der Waals surface area contributed by atoms with Gasteiger partial charge in [0.2, 0.25) is 0 Å². The summed E-state index contributed by atoms with van der Waals surface area (Å²) < 4.78 is 7.11. The second-order valence-electron chi connectivity index (χ2n) is 5.51. The Morgan fingerprint density at radius 1 is 1.47 bits per heavy atom. The lowest BCUT2D eigenvalue weighted by Gasteiger charge is -2.21. The van der Waals surface area contributed by atoms with Gasteiger partial charge in [0.05, 0.1) is 6.20 Å². The van der Waals surface area contributed by atoms with Gasteiger partial charge in [-0.05, 0) is 43.7 Å². The molecule has 0 spiro atoms. The summed E-state index contributed by atoms with van der Waals surface area (Å²) in [7, 11) is 3.75. The Labute approximate surface area is 117 Å². The molecule has 1 aromatic heterocycles. The molecule has 2 unspecified atom stereocenters. The number of hydrogen-bond acceptors (Lipinski definition) is 3. The third-order valence-electron chi connectivity index (χ3n) is 3.36. The number of aromatic nitrogens is 2. The van der Waals surface area contributed by atoms with Gasteiger partial charge in [-0.2, -0.15) is 5.10 Å². The predicted molar refractivity (Wildman–Crippen MR) is 79.3 cm³/mol. The van der Waals surface area contributed by atoms with E-state index in [9.17, 15) is 0 Å². The molecule has 0 amide bonds. The van der Waals surface area contributed by atoms with Crippen LogP contribution in [0.2, 0.25) is 0 Å². The van der Waals surface area contributed by atoms with E-state index in [1.165, 1.54) is 24.8 Å². The van der Waals surface area contributed by atoms with Gasteiger partial charge in [-0.15, -0.1) is 0 Å². The first-order valence-electron chi connectivity index (χ1n) is 7.35. The van der Waals surface area contributed by atoms with Crippen molar-refractivity contribution in [1.82, 2.24) is 15.1 Å². The first-order chi connectivity index (χ1) is 9.15. The third kappa shape index (κ3) is 6.73. The molecule has 4 heteroatoms. The van der Waals surface area contributed by atoms with Crippen LogP contribution in [0.5, 0.6) is 0 Å². The molecule has 0 radical (unpaired) electrons. The van der Waals surface area contributed by atoms with Crippen molar-refractivity contribution in [2.45, 2.75) is 45.6 Å². The van der Waals surface area contributed by atoms with E-state index in [2.05, 4.69) is 30.5 Å². The van der Waals surface area contributed by atoms with Crippen LogP contribution in [0.15, 0.2) is 12.4 Å². The first-order valence-corrected chi connectivity index (χ1v) is 7.35. The Morgan fingerprint density at radius 2 is 2.26 bits per heavy atom. The standard InChI is InChI=1S/C15H29N3O/c1-5-8-16-15(9-13(2)12-19-4)7-6-14-10-17-18(3)11-14/h10-11,13,15-16H,5-9,12H2,1-4H3. The van der Waals surface area contributed by atoms with Gasteiger partial charge in [0.25, 0.3) is 0 Å². The normalized spacial score (nSPS) is 14.5. The van der Waals surface area contributed by atoms with Gasteiger partial charge < -0.3 is 10.1 Å². The molecular formula is C15H29N3O. The number of ether oxygens (including phenoxy) is 1. The maximum atomic E-state index is 5.23. The molecule has 1 heterocycles.